The average molecular weight is 452 g/mol. The van der Waals surface area contributed by atoms with E-state index in [0.29, 0.717) is 22.6 Å². The highest BCUT2D eigenvalue weighted by Crippen LogP contribution is 2.38. The number of aliphatic hydroxyl groups excluding tert-OH is 2. The molecule has 0 bridgehead atoms. The van der Waals surface area contributed by atoms with Crippen LogP contribution in [0.1, 0.15) is 28.4 Å². The number of aliphatic hydroxyl groups is 2. The number of carbonyl (C=O) groups excluding carboxylic acids is 1. The standard InChI is InChI=1S/C24H26FN5O3/c1-14-6-4-5-7-18(14)30-13-26-22(33)19-20(17-9-8-16(25)10-15(17)2)27-23(28-21(19)30)29-24(3,11-31)12-32/h4-10,31-32H,11-13H2,1-3H3,(H,26,33)(H,27,28,29). The van der Waals surface area contributed by atoms with E-state index in [1.807, 2.05) is 36.1 Å². The van der Waals surface area contributed by atoms with Crippen LogP contribution in [0.5, 0.6) is 0 Å². The lowest BCUT2D eigenvalue weighted by Gasteiger charge is -2.33. The third-order valence-electron chi connectivity index (χ3n) is 5.73. The Hall–Kier alpha value is -3.56. The third-order valence-corrected chi connectivity index (χ3v) is 5.73. The fourth-order valence-electron chi connectivity index (χ4n) is 3.78. The highest BCUT2D eigenvalue weighted by atomic mass is 19.1. The van der Waals surface area contributed by atoms with Crippen LogP contribution in [0.4, 0.5) is 21.8 Å². The van der Waals surface area contributed by atoms with Crippen molar-refractivity contribution in [1.82, 2.24) is 15.3 Å². The number of hydrogen-bond acceptors (Lipinski definition) is 7. The van der Waals surface area contributed by atoms with Gasteiger partial charge in [-0.25, -0.2) is 9.37 Å². The van der Waals surface area contributed by atoms with Crippen LogP contribution in [0.2, 0.25) is 0 Å². The molecule has 0 spiro atoms. The summed E-state index contributed by atoms with van der Waals surface area (Å²) >= 11 is 0. The van der Waals surface area contributed by atoms with Gasteiger partial charge in [-0.1, -0.05) is 18.2 Å². The first-order valence-electron chi connectivity index (χ1n) is 10.6. The number of carbonyl (C=O) groups is 1. The number of halogens is 1. The summed E-state index contributed by atoms with van der Waals surface area (Å²) in [4.78, 5) is 24.1. The SMILES string of the molecule is Cc1cc(F)ccc1-c1nc(NC(C)(CO)CO)nc2c1C(=O)NCN2c1ccccc1C. The number of para-hydroxylation sites is 1. The number of amides is 1. The highest BCUT2D eigenvalue weighted by molar-refractivity contribution is 6.07. The molecule has 4 rings (SSSR count). The van der Waals surface area contributed by atoms with Gasteiger partial charge in [-0.05, 0) is 56.2 Å². The summed E-state index contributed by atoms with van der Waals surface area (Å²) in [5, 5.41) is 25.4. The maximum Gasteiger partial charge on any atom is 0.258 e. The zero-order valence-corrected chi connectivity index (χ0v) is 18.7. The van der Waals surface area contributed by atoms with E-state index in [2.05, 4.69) is 20.6 Å². The van der Waals surface area contributed by atoms with Crippen molar-refractivity contribution in [2.45, 2.75) is 26.3 Å². The molecule has 2 heterocycles. The van der Waals surface area contributed by atoms with Crippen LogP contribution >= 0.6 is 0 Å². The fraction of sp³-hybridized carbons (Fsp3) is 0.292. The zero-order valence-electron chi connectivity index (χ0n) is 18.7. The molecule has 0 saturated carbocycles. The Bertz CT molecular complexity index is 1210. The van der Waals surface area contributed by atoms with Crippen molar-refractivity contribution in [2.75, 3.05) is 30.1 Å². The summed E-state index contributed by atoms with van der Waals surface area (Å²) in [5.74, 6) is -0.224. The van der Waals surface area contributed by atoms with Gasteiger partial charge in [0.1, 0.15) is 11.4 Å². The van der Waals surface area contributed by atoms with Crippen LogP contribution < -0.4 is 15.5 Å². The second-order valence-electron chi connectivity index (χ2n) is 8.43. The van der Waals surface area contributed by atoms with Gasteiger partial charge < -0.3 is 25.7 Å². The Labute approximate surface area is 191 Å². The smallest absolute Gasteiger partial charge is 0.258 e. The molecule has 2 aromatic carbocycles. The lowest BCUT2D eigenvalue weighted by Crippen LogP contribution is -2.45. The molecule has 1 amide bonds. The molecule has 0 saturated heterocycles. The minimum Gasteiger partial charge on any atom is -0.394 e. The van der Waals surface area contributed by atoms with Crippen LogP contribution in [-0.2, 0) is 0 Å². The predicted octanol–water partition coefficient (Wildman–Crippen LogP) is 2.89. The number of fused-ring (bicyclic) bond motifs is 1. The van der Waals surface area contributed by atoms with E-state index in [0.717, 1.165) is 11.3 Å². The largest absolute Gasteiger partial charge is 0.394 e. The zero-order chi connectivity index (χ0) is 23.8. The first kappa shape index (κ1) is 22.6. The molecule has 0 unspecified atom stereocenters. The van der Waals surface area contributed by atoms with Crippen molar-refractivity contribution in [2.24, 2.45) is 0 Å². The maximum absolute atomic E-state index is 13.8. The summed E-state index contributed by atoms with van der Waals surface area (Å²) < 4.78 is 13.8. The van der Waals surface area contributed by atoms with Crippen molar-refractivity contribution >= 4 is 23.4 Å². The Morgan fingerprint density at radius 1 is 1.12 bits per heavy atom. The van der Waals surface area contributed by atoms with Gasteiger partial charge in [0.25, 0.3) is 5.91 Å². The van der Waals surface area contributed by atoms with E-state index in [4.69, 9.17) is 0 Å². The van der Waals surface area contributed by atoms with E-state index in [-0.39, 0.29) is 37.3 Å². The van der Waals surface area contributed by atoms with Crippen molar-refractivity contribution in [1.29, 1.82) is 0 Å². The Kier molecular flexibility index (Phi) is 6.01. The number of hydrogen-bond donors (Lipinski definition) is 4. The average Bonchev–Trinajstić information content (AvgIpc) is 2.79. The first-order valence-corrected chi connectivity index (χ1v) is 10.6. The fourth-order valence-corrected chi connectivity index (χ4v) is 3.78. The highest BCUT2D eigenvalue weighted by Gasteiger charge is 2.33. The number of rotatable bonds is 6. The maximum atomic E-state index is 13.8. The molecule has 1 aromatic heterocycles. The van der Waals surface area contributed by atoms with Crippen molar-refractivity contribution in [3.8, 4) is 11.3 Å². The molecule has 0 fully saturated rings. The molecule has 4 N–H and O–H groups in total. The Balaban J connectivity index is 1.98. The molecule has 0 atom stereocenters. The summed E-state index contributed by atoms with van der Waals surface area (Å²) in [6.07, 6.45) is 0. The van der Waals surface area contributed by atoms with E-state index >= 15 is 0 Å². The number of aromatic nitrogens is 2. The normalized spacial score (nSPS) is 13.5. The molecule has 33 heavy (non-hydrogen) atoms. The minimum atomic E-state index is -1.09. The van der Waals surface area contributed by atoms with Gasteiger partial charge in [-0.2, -0.15) is 4.98 Å². The minimum absolute atomic E-state index is 0.131. The molecule has 1 aliphatic heterocycles. The number of aryl methyl sites for hydroxylation is 2. The van der Waals surface area contributed by atoms with Crippen LogP contribution in [0.25, 0.3) is 11.3 Å². The van der Waals surface area contributed by atoms with Gasteiger partial charge in [-0.3, -0.25) is 4.79 Å². The van der Waals surface area contributed by atoms with Crippen molar-refractivity contribution in [3.05, 3.63) is 65.0 Å². The van der Waals surface area contributed by atoms with E-state index in [1.165, 1.54) is 12.1 Å². The van der Waals surface area contributed by atoms with Gasteiger partial charge in [0.15, 0.2) is 5.82 Å². The van der Waals surface area contributed by atoms with Crippen LogP contribution in [0.3, 0.4) is 0 Å². The van der Waals surface area contributed by atoms with Gasteiger partial charge >= 0.3 is 0 Å². The monoisotopic (exact) mass is 451 g/mol. The quantitative estimate of drug-likeness (QED) is 0.456. The summed E-state index contributed by atoms with van der Waals surface area (Å²) in [6.45, 7) is 4.81. The Morgan fingerprint density at radius 3 is 2.52 bits per heavy atom. The van der Waals surface area contributed by atoms with E-state index in [9.17, 15) is 19.4 Å². The van der Waals surface area contributed by atoms with Gasteiger partial charge in [0, 0.05) is 11.3 Å². The lowest BCUT2D eigenvalue weighted by atomic mass is 9.99. The molecule has 1 aliphatic rings. The number of benzene rings is 2. The van der Waals surface area contributed by atoms with E-state index < -0.39 is 11.4 Å². The molecule has 172 valence electrons. The van der Waals surface area contributed by atoms with Crippen molar-refractivity contribution < 1.29 is 19.4 Å². The topological polar surface area (TPSA) is 111 Å². The molecule has 8 nitrogen and oxygen atoms in total. The van der Waals surface area contributed by atoms with Crippen LogP contribution in [0.15, 0.2) is 42.5 Å². The number of nitrogens with zero attached hydrogens (tertiary/aromatic N) is 3. The summed E-state index contributed by atoms with van der Waals surface area (Å²) in [5.41, 5.74) is 2.53. The number of nitrogens with one attached hydrogen (secondary N) is 2. The van der Waals surface area contributed by atoms with Crippen LogP contribution in [-0.4, -0.2) is 51.5 Å². The lowest BCUT2D eigenvalue weighted by molar-refractivity contribution is 0.0949. The third kappa shape index (κ3) is 4.24. The molecular weight excluding hydrogens is 425 g/mol. The summed E-state index contributed by atoms with van der Waals surface area (Å²) in [7, 11) is 0. The number of anilines is 3. The Morgan fingerprint density at radius 2 is 1.85 bits per heavy atom. The van der Waals surface area contributed by atoms with Crippen LogP contribution in [0, 0.1) is 19.7 Å². The van der Waals surface area contributed by atoms with Gasteiger partial charge in [-0.15, -0.1) is 0 Å². The molecule has 3 aromatic rings. The molecule has 0 radical (unpaired) electrons. The predicted molar refractivity (Wildman–Crippen MR) is 124 cm³/mol. The second kappa shape index (κ2) is 8.76. The van der Waals surface area contributed by atoms with Gasteiger partial charge in [0.05, 0.1) is 31.1 Å². The first-order chi connectivity index (χ1) is 15.8. The molecule has 9 heteroatoms. The molecular formula is C24H26FN5O3. The van der Waals surface area contributed by atoms with E-state index in [1.54, 1.807) is 19.9 Å². The van der Waals surface area contributed by atoms with Crippen molar-refractivity contribution in [3.63, 3.8) is 0 Å². The van der Waals surface area contributed by atoms with Gasteiger partial charge in [0.2, 0.25) is 5.95 Å². The summed E-state index contributed by atoms with van der Waals surface area (Å²) in [6, 6.07) is 12.0. The second-order valence-corrected chi connectivity index (χ2v) is 8.43. The molecule has 0 aliphatic carbocycles.